The van der Waals surface area contributed by atoms with Gasteiger partial charge in [0.15, 0.2) is 0 Å². The largest absolute Gasteiger partial charge is 0.469 e. The van der Waals surface area contributed by atoms with Gasteiger partial charge < -0.3 is 4.74 Å². The molecule has 1 fully saturated rings. The summed E-state index contributed by atoms with van der Waals surface area (Å²) in [5, 5.41) is 0. The molecule has 0 aliphatic heterocycles. The molecule has 1 aromatic carbocycles. The molecule has 2 nitrogen and oxygen atoms in total. The molecule has 0 aromatic heterocycles. The summed E-state index contributed by atoms with van der Waals surface area (Å²) >= 11 is 5.04. The Kier molecular flexibility index (Phi) is 4.90. The van der Waals surface area contributed by atoms with Gasteiger partial charge in [0.1, 0.15) is 5.82 Å². The van der Waals surface area contributed by atoms with E-state index in [1.165, 1.54) is 13.2 Å². The van der Waals surface area contributed by atoms with E-state index in [2.05, 4.69) is 15.9 Å². The van der Waals surface area contributed by atoms with E-state index < -0.39 is 0 Å². The first-order valence-electron chi connectivity index (χ1n) is 6.13. The third kappa shape index (κ3) is 4.49. The van der Waals surface area contributed by atoms with E-state index >= 15 is 0 Å². The first-order valence-corrected chi connectivity index (χ1v) is 8.07. The van der Waals surface area contributed by atoms with Gasteiger partial charge in [-0.2, -0.15) is 11.8 Å². The third-order valence-electron chi connectivity index (χ3n) is 3.30. The monoisotopic (exact) mass is 346 g/mol. The number of hydrogen-bond acceptors (Lipinski definition) is 3. The minimum Gasteiger partial charge on any atom is -0.469 e. The van der Waals surface area contributed by atoms with Crippen molar-refractivity contribution in [1.29, 1.82) is 0 Å². The van der Waals surface area contributed by atoms with E-state index in [1.54, 1.807) is 17.8 Å². The molecule has 1 aliphatic rings. The Balaban J connectivity index is 1.82. The highest BCUT2D eigenvalue weighted by atomic mass is 79.9. The van der Waals surface area contributed by atoms with Crippen LogP contribution in [-0.4, -0.2) is 18.8 Å². The number of rotatable bonds is 6. The number of ether oxygens (including phenoxy) is 1. The van der Waals surface area contributed by atoms with Gasteiger partial charge in [-0.3, -0.25) is 4.79 Å². The lowest BCUT2D eigenvalue weighted by Gasteiger charge is -2.13. The summed E-state index contributed by atoms with van der Waals surface area (Å²) < 4.78 is 18.7. The van der Waals surface area contributed by atoms with Crippen LogP contribution in [0, 0.1) is 11.2 Å². The van der Waals surface area contributed by atoms with Crippen LogP contribution in [0.15, 0.2) is 22.7 Å². The van der Waals surface area contributed by atoms with Crippen molar-refractivity contribution in [3.05, 3.63) is 34.1 Å². The number of methoxy groups -OCH3 is 1. The molecule has 5 heteroatoms. The Morgan fingerprint density at radius 3 is 2.79 bits per heavy atom. The van der Waals surface area contributed by atoms with Gasteiger partial charge in [-0.1, -0.05) is 15.9 Å². The van der Waals surface area contributed by atoms with Crippen LogP contribution in [0.2, 0.25) is 0 Å². The van der Waals surface area contributed by atoms with Crippen LogP contribution in [0.3, 0.4) is 0 Å². The molecule has 0 unspecified atom stereocenters. The van der Waals surface area contributed by atoms with Crippen molar-refractivity contribution in [2.75, 3.05) is 12.9 Å². The molecule has 0 radical (unpaired) electrons. The fourth-order valence-electron chi connectivity index (χ4n) is 2.01. The van der Waals surface area contributed by atoms with Gasteiger partial charge in [-0.05, 0) is 47.8 Å². The van der Waals surface area contributed by atoms with Crippen LogP contribution >= 0.6 is 27.7 Å². The second kappa shape index (κ2) is 6.27. The molecule has 0 N–H and O–H groups in total. The summed E-state index contributed by atoms with van der Waals surface area (Å²) in [6, 6.07) is 4.93. The van der Waals surface area contributed by atoms with Crippen molar-refractivity contribution in [3.63, 3.8) is 0 Å². The molecule has 0 saturated heterocycles. The predicted molar refractivity (Wildman–Crippen MR) is 78.6 cm³/mol. The van der Waals surface area contributed by atoms with Crippen LogP contribution < -0.4 is 0 Å². The number of esters is 1. The summed E-state index contributed by atoms with van der Waals surface area (Å²) in [5.41, 5.74) is 1.09. The topological polar surface area (TPSA) is 26.3 Å². The number of carbonyl (C=O) groups excluding carboxylic acids is 1. The third-order valence-corrected chi connectivity index (χ3v) is 5.12. The van der Waals surface area contributed by atoms with Gasteiger partial charge in [0.05, 0.1) is 13.5 Å². The molecule has 19 heavy (non-hydrogen) atoms. The van der Waals surface area contributed by atoms with E-state index in [1.807, 2.05) is 6.07 Å². The van der Waals surface area contributed by atoms with Gasteiger partial charge in [0.25, 0.3) is 0 Å². The maximum Gasteiger partial charge on any atom is 0.306 e. The van der Waals surface area contributed by atoms with Crippen molar-refractivity contribution in [1.82, 2.24) is 0 Å². The molecule has 1 saturated carbocycles. The van der Waals surface area contributed by atoms with Crippen LogP contribution in [0.4, 0.5) is 4.39 Å². The molecular weight excluding hydrogens is 331 g/mol. The highest BCUT2D eigenvalue weighted by molar-refractivity contribution is 9.10. The zero-order valence-electron chi connectivity index (χ0n) is 10.7. The van der Waals surface area contributed by atoms with Crippen molar-refractivity contribution < 1.29 is 13.9 Å². The second-order valence-corrected chi connectivity index (χ2v) is 6.92. The first kappa shape index (κ1) is 14.9. The summed E-state index contributed by atoms with van der Waals surface area (Å²) in [4.78, 5) is 11.3. The molecule has 0 atom stereocenters. The fraction of sp³-hybridized carbons (Fsp3) is 0.500. The summed E-state index contributed by atoms with van der Waals surface area (Å²) in [6.07, 6.45) is 2.67. The molecule has 0 spiro atoms. The van der Waals surface area contributed by atoms with Crippen LogP contribution in [0.5, 0.6) is 0 Å². The summed E-state index contributed by atoms with van der Waals surface area (Å²) in [5.74, 6) is 1.34. The molecule has 1 aliphatic carbocycles. The minimum atomic E-state index is -0.222. The first-order chi connectivity index (χ1) is 9.03. The molecule has 1 aromatic rings. The Morgan fingerprint density at radius 2 is 2.21 bits per heavy atom. The van der Waals surface area contributed by atoms with E-state index in [9.17, 15) is 9.18 Å². The highest BCUT2D eigenvalue weighted by Crippen LogP contribution is 2.51. The molecule has 0 heterocycles. The Labute approximate surface area is 125 Å². The van der Waals surface area contributed by atoms with E-state index in [4.69, 9.17) is 4.74 Å². The SMILES string of the molecule is COC(=O)CC1(CSCc2cc(F)cc(Br)c2)CC1. The Morgan fingerprint density at radius 1 is 1.47 bits per heavy atom. The van der Waals surface area contributed by atoms with Gasteiger partial charge in [-0.25, -0.2) is 4.39 Å². The Hall–Kier alpha value is -0.550. The number of halogens is 2. The fourth-order valence-corrected chi connectivity index (χ4v) is 3.85. The molecule has 0 amide bonds. The smallest absolute Gasteiger partial charge is 0.306 e. The number of hydrogen-bond donors (Lipinski definition) is 0. The lowest BCUT2D eigenvalue weighted by Crippen LogP contribution is -2.13. The lowest BCUT2D eigenvalue weighted by atomic mass is 10.1. The lowest BCUT2D eigenvalue weighted by molar-refractivity contribution is -0.141. The van der Waals surface area contributed by atoms with Crippen LogP contribution in [0.1, 0.15) is 24.8 Å². The normalized spacial score (nSPS) is 16.2. The minimum absolute atomic E-state index is 0.127. The van der Waals surface area contributed by atoms with Crippen LogP contribution in [0.25, 0.3) is 0 Å². The van der Waals surface area contributed by atoms with Crippen molar-refractivity contribution in [2.45, 2.75) is 25.0 Å². The highest BCUT2D eigenvalue weighted by Gasteiger charge is 2.44. The number of benzene rings is 1. The van der Waals surface area contributed by atoms with Gasteiger partial charge >= 0.3 is 5.97 Å². The van der Waals surface area contributed by atoms with Gasteiger partial charge in [-0.15, -0.1) is 0 Å². The molecule has 2 rings (SSSR count). The standard InChI is InChI=1S/C14H16BrFO2S/c1-18-13(17)7-14(2-3-14)9-19-8-10-4-11(15)6-12(16)5-10/h4-6H,2-3,7-9H2,1H3. The number of thioether (sulfide) groups is 1. The molecule has 0 bridgehead atoms. The van der Waals surface area contributed by atoms with Crippen molar-refractivity contribution in [2.24, 2.45) is 5.41 Å². The van der Waals surface area contributed by atoms with Gasteiger partial charge in [0.2, 0.25) is 0 Å². The summed E-state index contributed by atoms with van der Waals surface area (Å²) in [7, 11) is 1.43. The average Bonchev–Trinajstić information content (AvgIpc) is 3.07. The van der Waals surface area contributed by atoms with Crippen molar-refractivity contribution >= 4 is 33.7 Å². The van der Waals surface area contributed by atoms with E-state index in [0.717, 1.165) is 34.4 Å². The number of carbonyl (C=O) groups is 1. The predicted octanol–water partition coefficient (Wildman–Crippen LogP) is 4.16. The quantitative estimate of drug-likeness (QED) is 0.723. The average molecular weight is 347 g/mol. The van der Waals surface area contributed by atoms with Gasteiger partial charge in [0, 0.05) is 10.2 Å². The maximum atomic E-state index is 13.2. The van der Waals surface area contributed by atoms with E-state index in [-0.39, 0.29) is 17.2 Å². The van der Waals surface area contributed by atoms with E-state index in [0.29, 0.717) is 6.42 Å². The van der Waals surface area contributed by atoms with Crippen LogP contribution in [-0.2, 0) is 15.3 Å². The molecular formula is C14H16BrFO2S. The van der Waals surface area contributed by atoms with Crippen molar-refractivity contribution in [3.8, 4) is 0 Å². The molecule has 104 valence electrons. The second-order valence-electron chi connectivity index (χ2n) is 5.02. The zero-order valence-corrected chi connectivity index (χ0v) is 13.2. The maximum absolute atomic E-state index is 13.2. The zero-order chi connectivity index (χ0) is 13.9. The summed E-state index contributed by atoms with van der Waals surface area (Å²) in [6.45, 7) is 0. The Bertz CT molecular complexity index is 454.